The molecule has 2 heterocycles. The number of amides is 2. The van der Waals surface area contributed by atoms with Crippen LogP contribution in [0.5, 0.6) is 0 Å². The number of piperidine rings is 1. The van der Waals surface area contributed by atoms with Crippen LogP contribution in [0.3, 0.4) is 0 Å². The lowest BCUT2D eigenvalue weighted by Gasteiger charge is -2.36. The molecule has 0 saturated carbocycles. The van der Waals surface area contributed by atoms with Crippen LogP contribution in [0, 0.1) is 11.3 Å². The Morgan fingerprint density at radius 1 is 1.13 bits per heavy atom. The van der Waals surface area contributed by atoms with Gasteiger partial charge in [0.05, 0.1) is 30.6 Å². The molecule has 39 heavy (non-hydrogen) atoms. The first-order valence-corrected chi connectivity index (χ1v) is 12.5. The van der Waals surface area contributed by atoms with Crippen molar-refractivity contribution >= 4 is 35.2 Å². The van der Waals surface area contributed by atoms with Gasteiger partial charge in [0.15, 0.2) is 0 Å². The summed E-state index contributed by atoms with van der Waals surface area (Å²) in [5.74, 6) is 3.99. The quantitative estimate of drug-likeness (QED) is 0.261. The number of rotatable bonds is 6. The lowest BCUT2D eigenvalue weighted by atomic mass is 10.0. The Morgan fingerprint density at radius 2 is 1.69 bits per heavy atom. The number of carbonyl (C=O) groups excluding carboxylic acids is 2. The number of carboxylic acid groups (broad SMARTS) is 1. The molecule has 0 aromatic heterocycles. The van der Waals surface area contributed by atoms with E-state index in [2.05, 4.69) is 11.4 Å². The van der Waals surface area contributed by atoms with Gasteiger partial charge in [-0.2, -0.15) is 31.6 Å². The summed E-state index contributed by atoms with van der Waals surface area (Å²) >= 11 is 1.54. The van der Waals surface area contributed by atoms with Crippen LogP contribution in [0.4, 0.5) is 32.0 Å². The fourth-order valence-corrected chi connectivity index (χ4v) is 4.83. The van der Waals surface area contributed by atoms with Crippen LogP contribution in [-0.2, 0) is 20.6 Å². The second-order valence-electron chi connectivity index (χ2n) is 8.61. The van der Waals surface area contributed by atoms with Gasteiger partial charge in [-0.25, -0.2) is 9.80 Å². The highest BCUT2D eigenvalue weighted by molar-refractivity contribution is 7.99. The summed E-state index contributed by atoms with van der Waals surface area (Å²) in [5, 5.41) is 20.4. The third-order valence-corrected chi connectivity index (χ3v) is 6.81. The second kappa shape index (κ2) is 13.8. The highest BCUT2D eigenvalue weighted by Gasteiger charge is 2.38. The first-order chi connectivity index (χ1) is 18.1. The van der Waals surface area contributed by atoms with E-state index in [9.17, 15) is 35.9 Å². The Balaban J connectivity index is 0.000000673. The Hall–Kier alpha value is -3.07. The molecule has 2 amide bonds. The minimum atomic E-state index is -5.08. The summed E-state index contributed by atoms with van der Waals surface area (Å²) in [4.78, 5) is 37.1. The van der Waals surface area contributed by atoms with Crippen molar-refractivity contribution in [2.75, 3.05) is 43.1 Å². The second-order valence-corrected chi connectivity index (χ2v) is 9.61. The minimum Gasteiger partial charge on any atom is -0.475 e. The van der Waals surface area contributed by atoms with E-state index in [0.717, 1.165) is 12.1 Å². The van der Waals surface area contributed by atoms with Gasteiger partial charge in [0.1, 0.15) is 6.04 Å². The van der Waals surface area contributed by atoms with Crippen LogP contribution in [0.15, 0.2) is 24.3 Å². The van der Waals surface area contributed by atoms with Crippen LogP contribution in [-0.4, -0.2) is 93.8 Å². The summed E-state index contributed by atoms with van der Waals surface area (Å²) in [6.07, 6.45) is -8.15. The van der Waals surface area contributed by atoms with E-state index in [1.807, 2.05) is 4.90 Å². The maximum atomic E-state index is 12.6. The number of likely N-dealkylation sites (tertiary alicyclic amines) is 1. The van der Waals surface area contributed by atoms with Crippen LogP contribution >= 0.6 is 11.8 Å². The van der Waals surface area contributed by atoms with Crippen molar-refractivity contribution in [1.82, 2.24) is 14.8 Å². The van der Waals surface area contributed by atoms with Crippen molar-refractivity contribution in [2.45, 2.75) is 37.3 Å². The first-order valence-electron chi connectivity index (χ1n) is 11.4. The highest BCUT2D eigenvalue weighted by Crippen LogP contribution is 2.30. The first kappa shape index (κ1) is 32.1. The lowest BCUT2D eigenvalue weighted by Crippen LogP contribution is -2.53. The van der Waals surface area contributed by atoms with E-state index in [0.29, 0.717) is 43.2 Å². The maximum absolute atomic E-state index is 12.6. The Morgan fingerprint density at radius 3 is 2.18 bits per heavy atom. The number of nitrogens with zero attached hydrogens (tertiary/aromatic N) is 4. The average Bonchev–Trinajstić information content (AvgIpc) is 3.33. The normalized spacial score (nSPS) is 18.7. The summed E-state index contributed by atoms with van der Waals surface area (Å²) < 4.78 is 69.6. The largest absolute Gasteiger partial charge is 0.490 e. The number of aliphatic carboxylic acids is 1. The molecule has 0 aliphatic carbocycles. The number of hydrogen-bond acceptors (Lipinski definition) is 8. The number of carboxylic acids is 1. The summed E-state index contributed by atoms with van der Waals surface area (Å²) in [6.45, 7) is 1.37. The number of nitrogens with two attached hydrogens (primary N) is 1. The summed E-state index contributed by atoms with van der Waals surface area (Å²) in [7, 11) is 0. The zero-order chi connectivity index (χ0) is 29.4. The SMILES string of the molecule is N#C[C@@H]1CSCN1C(=O)CN(N)C1CCN(CC(=O)Nc2ccc(C(F)(F)F)cc2)CC1.O=C(O)C(F)(F)F. The fraction of sp³-hybridized carbons (Fsp3) is 0.545. The number of anilines is 1. The zero-order valence-corrected chi connectivity index (χ0v) is 21.2. The predicted octanol–water partition coefficient (Wildman–Crippen LogP) is 2.34. The number of alkyl halides is 6. The molecule has 10 nitrogen and oxygen atoms in total. The van der Waals surface area contributed by atoms with E-state index >= 15 is 0 Å². The topological polar surface area (TPSA) is 143 Å². The highest BCUT2D eigenvalue weighted by atomic mass is 32.2. The van der Waals surface area contributed by atoms with Crippen LogP contribution < -0.4 is 11.2 Å². The van der Waals surface area contributed by atoms with Crippen molar-refractivity contribution in [1.29, 1.82) is 5.26 Å². The Kier molecular flexibility index (Phi) is 11.4. The monoisotopic (exact) mass is 584 g/mol. The molecule has 4 N–H and O–H groups in total. The molecule has 2 aliphatic rings. The smallest absolute Gasteiger partial charge is 0.475 e. The van der Waals surface area contributed by atoms with E-state index in [4.69, 9.17) is 21.0 Å². The average molecular weight is 585 g/mol. The van der Waals surface area contributed by atoms with Crippen LogP contribution in [0.1, 0.15) is 18.4 Å². The van der Waals surface area contributed by atoms with Gasteiger partial charge in [0.25, 0.3) is 0 Å². The van der Waals surface area contributed by atoms with Crippen molar-refractivity contribution in [3.63, 3.8) is 0 Å². The number of thioether (sulfide) groups is 1. The minimum absolute atomic E-state index is 0.0102. The Labute approximate surface area is 223 Å². The van der Waals surface area contributed by atoms with Gasteiger partial charge >= 0.3 is 18.3 Å². The van der Waals surface area contributed by atoms with E-state index < -0.39 is 29.9 Å². The van der Waals surface area contributed by atoms with Gasteiger partial charge in [-0.1, -0.05) is 0 Å². The van der Waals surface area contributed by atoms with Crippen molar-refractivity contribution in [3.8, 4) is 6.07 Å². The molecule has 2 aliphatic heterocycles. The van der Waals surface area contributed by atoms with Gasteiger partial charge in [0.2, 0.25) is 11.8 Å². The van der Waals surface area contributed by atoms with Gasteiger partial charge in [0, 0.05) is 30.6 Å². The number of nitriles is 1. The van der Waals surface area contributed by atoms with Crippen molar-refractivity contribution in [2.24, 2.45) is 5.84 Å². The molecule has 1 aromatic rings. The van der Waals surface area contributed by atoms with E-state index in [1.165, 1.54) is 17.1 Å². The molecule has 3 rings (SSSR count). The van der Waals surface area contributed by atoms with E-state index in [-0.39, 0.29) is 30.9 Å². The van der Waals surface area contributed by atoms with Crippen molar-refractivity contribution < 1.29 is 45.8 Å². The standard InChI is InChI=1S/C20H25F3N6O2S.C2HF3O2/c21-20(22,23)14-1-3-15(4-2-14)26-18(30)10-27-7-5-16(6-8-27)29(25)11-19(31)28-13-32-12-17(28)9-24;3-2(4,5)1(6)7/h1-4,16-17H,5-8,10-13,25H2,(H,26,30);(H,6,7)/t17-;/m1./s1. The predicted molar refractivity (Wildman–Crippen MR) is 128 cm³/mol. The number of hydrazine groups is 1. The molecule has 2 saturated heterocycles. The molecule has 1 aromatic carbocycles. The molecule has 0 radical (unpaired) electrons. The molecular weight excluding hydrogens is 558 g/mol. The molecule has 2 fully saturated rings. The van der Waals surface area contributed by atoms with Crippen LogP contribution in [0.2, 0.25) is 0 Å². The molecule has 17 heteroatoms. The Bertz CT molecular complexity index is 1040. The van der Waals surface area contributed by atoms with Gasteiger partial charge in [-0.05, 0) is 37.1 Å². The molecule has 1 atom stereocenters. The molecule has 0 bridgehead atoms. The van der Waals surface area contributed by atoms with Crippen LogP contribution in [0.25, 0.3) is 0 Å². The molecule has 0 spiro atoms. The van der Waals surface area contributed by atoms with Gasteiger partial charge in [-0.15, -0.1) is 11.8 Å². The lowest BCUT2D eigenvalue weighted by molar-refractivity contribution is -0.192. The number of carbonyl (C=O) groups is 3. The zero-order valence-electron chi connectivity index (χ0n) is 20.3. The fourth-order valence-electron chi connectivity index (χ4n) is 3.73. The number of halogens is 6. The summed E-state index contributed by atoms with van der Waals surface area (Å²) in [6, 6.07) is 6.02. The van der Waals surface area contributed by atoms with Gasteiger partial charge in [-0.3, -0.25) is 20.3 Å². The molecular formula is C22H26F6N6O4S. The maximum Gasteiger partial charge on any atom is 0.490 e. The third kappa shape index (κ3) is 10.2. The third-order valence-electron chi connectivity index (χ3n) is 5.80. The summed E-state index contributed by atoms with van der Waals surface area (Å²) in [5.41, 5.74) is -0.464. The van der Waals surface area contributed by atoms with Crippen molar-refractivity contribution in [3.05, 3.63) is 29.8 Å². The number of nitrogens with one attached hydrogen (secondary N) is 1. The van der Waals surface area contributed by atoms with E-state index in [1.54, 1.807) is 16.7 Å². The van der Waals surface area contributed by atoms with Gasteiger partial charge < -0.3 is 15.3 Å². The molecule has 216 valence electrons. The number of hydrogen-bond donors (Lipinski definition) is 3. The number of benzene rings is 1. The molecule has 0 unspecified atom stereocenters.